The molecule has 0 unspecified atom stereocenters. The first kappa shape index (κ1) is 12.3. The molecule has 0 saturated heterocycles. The second kappa shape index (κ2) is 5.95. The van der Waals surface area contributed by atoms with Crippen LogP contribution in [0, 0.1) is 0 Å². The average Bonchev–Trinajstić information content (AvgIpc) is 2.24. The first-order chi connectivity index (χ1) is 7.65. The molecule has 1 aromatic carbocycles. The number of carboxylic acids is 1. The van der Waals surface area contributed by atoms with Crippen LogP contribution in [0.15, 0.2) is 33.9 Å². The number of benzene rings is 1. The summed E-state index contributed by atoms with van der Waals surface area (Å²) >= 11 is 3.26. The average molecular weight is 282 g/mol. The van der Waals surface area contributed by atoms with E-state index in [-0.39, 0.29) is 12.1 Å². The number of rotatable bonds is 4. The standard InChI is InChI=1S/C10H8BrN3O2/c11-8-3-4-9(10(15)16)7(6-8)2-1-5-13-14-12/h1-4,6H,5H2,(H,15,16). The van der Waals surface area contributed by atoms with Crippen molar-refractivity contribution in [2.45, 2.75) is 0 Å². The molecule has 1 N–H and O–H groups in total. The van der Waals surface area contributed by atoms with Gasteiger partial charge in [0.2, 0.25) is 0 Å². The minimum absolute atomic E-state index is 0.197. The first-order valence-electron chi connectivity index (χ1n) is 4.35. The van der Waals surface area contributed by atoms with Crippen molar-refractivity contribution in [3.8, 4) is 0 Å². The van der Waals surface area contributed by atoms with Gasteiger partial charge < -0.3 is 5.11 Å². The highest BCUT2D eigenvalue weighted by molar-refractivity contribution is 9.10. The number of hydrogen-bond donors (Lipinski definition) is 1. The molecule has 0 aliphatic carbocycles. The monoisotopic (exact) mass is 281 g/mol. The van der Waals surface area contributed by atoms with Crippen molar-refractivity contribution in [1.82, 2.24) is 0 Å². The molecule has 0 aliphatic rings. The summed E-state index contributed by atoms with van der Waals surface area (Å²) in [4.78, 5) is 13.5. The number of halogens is 1. The predicted octanol–water partition coefficient (Wildman–Crippen LogP) is 3.47. The molecule has 0 bridgehead atoms. The summed E-state index contributed by atoms with van der Waals surface area (Å²) in [5, 5.41) is 12.2. The topological polar surface area (TPSA) is 86.1 Å². The van der Waals surface area contributed by atoms with Crippen LogP contribution in [0.1, 0.15) is 15.9 Å². The Balaban J connectivity index is 3.00. The van der Waals surface area contributed by atoms with Crippen molar-refractivity contribution in [3.63, 3.8) is 0 Å². The summed E-state index contributed by atoms with van der Waals surface area (Å²) in [5.41, 5.74) is 8.85. The minimum Gasteiger partial charge on any atom is -0.478 e. The lowest BCUT2D eigenvalue weighted by atomic mass is 10.1. The summed E-state index contributed by atoms with van der Waals surface area (Å²) in [6.45, 7) is 0.197. The molecular formula is C10H8BrN3O2. The normalized spacial score (nSPS) is 10.1. The fourth-order valence-corrected chi connectivity index (χ4v) is 1.51. The van der Waals surface area contributed by atoms with Gasteiger partial charge in [-0.1, -0.05) is 33.2 Å². The number of hydrogen-bond acceptors (Lipinski definition) is 2. The van der Waals surface area contributed by atoms with Crippen LogP contribution in [-0.4, -0.2) is 17.6 Å². The molecule has 16 heavy (non-hydrogen) atoms. The van der Waals surface area contributed by atoms with Crippen LogP contribution in [0.25, 0.3) is 16.5 Å². The van der Waals surface area contributed by atoms with Gasteiger partial charge in [-0.25, -0.2) is 4.79 Å². The largest absolute Gasteiger partial charge is 0.478 e. The van der Waals surface area contributed by atoms with Gasteiger partial charge in [-0.05, 0) is 29.3 Å². The SMILES string of the molecule is [N-]=[N+]=NCC=Cc1cc(Br)ccc1C(=O)O. The number of carbonyl (C=O) groups is 1. The summed E-state index contributed by atoms with van der Waals surface area (Å²) in [6, 6.07) is 4.86. The third kappa shape index (κ3) is 3.42. The van der Waals surface area contributed by atoms with E-state index in [1.807, 2.05) is 0 Å². The van der Waals surface area contributed by atoms with Crippen molar-refractivity contribution in [1.29, 1.82) is 0 Å². The maximum atomic E-state index is 10.9. The molecule has 0 atom stereocenters. The third-order valence-electron chi connectivity index (χ3n) is 1.79. The number of nitrogens with zero attached hydrogens (tertiary/aromatic N) is 3. The van der Waals surface area contributed by atoms with Crippen molar-refractivity contribution in [2.75, 3.05) is 6.54 Å². The van der Waals surface area contributed by atoms with E-state index in [2.05, 4.69) is 26.0 Å². The molecular weight excluding hydrogens is 274 g/mol. The molecule has 0 aliphatic heterocycles. The Bertz CT molecular complexity index is 479. The highest BCUT2D eigenvalue weighted by Crippen LogP contribution is 2.18. The highest BCUT2D eigenvalue weighted by atomic mass is 79.9. The molecule has 0 spiro atoms. The number of azide groups is 1. The molecule has 0 saturated carbocycles. The van der Waals surface area contributed by atoms with E-state index in [0.29, 0.717) is 5.56 Å². The second-order valence-electron chi connectivity index (χ2n) is 2.85. The molecule has 0 amide bonds. The summed E-state index contributed by atoms with van der Waals surface area (Å²) in [5.74, 6) is -0.990. The molecule has 1 aromatic rings. The maximum absolute atomic E-state index is 10.9. The van der Waals surface area contributed by atoms with Crippen molar-refractivity contribution >= 4 is 28.0 Å². The maximum Gasteiger partial charge on any atom is 0.336 e. The summed E-state index contributed by atoms with van der Waals surface area (Å²) in [6.07, 6.45) is 3.22. The zero-order chi connectivity index (χ0) is 12.0. The van der Waals surface area contributed by atoms with Crippen LogP contribution < -0.4 is 0 Å². The summed E-state index contributed by atoms with van der Waals surface area (Å²) in [7, 11) is 0. The first-order valence-corrected chi connectivity index (χ1v) is 5.14. The molecule has 0 heterocycles. The van der Waals surface area contributed by atoms with Gasteiger partial charge >= 0.3 is 5.97 Å². The Kier molecular flexibility index (Phi) is 4.57. The van der Waals surface area contributed by atoms with E-state index < -0.39 is 5.97 Å². The van der Waals surface area contributed by atoms with Crippen LogP contribution in [0.5, 0.6) is 0 Å². The van der Waals surface area contributed by atoms with Crippen LogP contribution in [0.2, 0.25) is 0 Å². The Labute approximate surface area is 100 Å². The fraction of sp³-hybridized carbons (Fsp3) is 0.100. The second-order valence-corrected chi connectivity index (χ2v) is 3.77. The quantitative estimate of drug-likeness (QED) is 0.520. The minimum atomic E-state index is -0.990. The van der Waals surface area contributed by atoms with Gasteiger partial charge in [0.05, 0.1) is 5.56 Å². The third-order valence-corrected chi connectivity index (χ3v) is 2.28. The van der Waals surface area contributed by atoms with Gasteiger partial charge in [-0.2, -0.15) is 0 Å². The lowest BCUT2D eigenvalue weighted by Gasteiger charge is -2.01. The fourth-order valence-electron chi connectivity index (χ4n) is 1.13. The van der Waals surface area contributed by atoms with Crippen molar-refractivity contribution < 1.29 is 9.90 Å². The molecule has 0 fully saturated rings. The van der Waals surface area contributed by atoms with E-state index in [4.69, 9.17) is 10.6 Å². The van der Waals surface area contributed by atoms with E-state index in [1.165, 1.54) is 6.07 Å². The Hall–Kier alpha value is -1.78. The molecule has 82 valence electrons. The van der Waals surface area contributed by atoms with Gasteiger partial charge in [0, 0.05) is 15.9 Å². The zero-order valence-corrected chi connectivity index (χ0v) is 9.75. The lowest BCUT2D eigenvalue weighted by molar-refractivity contribution is 0.0696. The molecule has 6 heteroatoms. The smallest absolute Gasteiger partial charge is 0.336 e. The van der Waals surface area contributed by atoms with Gasteiger partial charge in [-0.15, -0.1) is 0 Å². The number of aromatic carboxylic acids is 1. The summed E-state index contributed by atoms with van der Waals surface area (Å²) < 4.78 is 0.793. The van der Waals surface area contributed by atoms with Crippen LogP contribution in [0.4, 0.5) is 0 Å². The molecule has 0 radical (unpaired) electrons. The number of carboxylic acid groups (broad SMARTS) is 1. The molecule has 0 aromatic heterocycles. The van der Waals surface area contributed by atoms with E-state index in [9.17, 15) is 4.79 Å². The molecule has 1 rings (SSSR count). The molecule has 5 nitrogen and oxygen atoms in total. The van der Waals surface area contributed by atoms with Gasteiger partial charge in [0.1, 0.15) is 0 Å². The van der Waals surface area contributed by atoms with Crippen LogP contribution >= 0.6 is 15.9 Å². The van der Waals surface area contributed by atoms with Gasteiger partial charge in [-0.3, -0.25) is 0 Å². The predicted molar refractivity (Wildman–Crippen MR) is 64.1 cm³/mol. The van der Waals surface area contributed by atoms with Crippen LogP contribution in [0.3, 0.4) is 0 Å². The highest BCUT2D eigenvalue weighted by Gasteiger charge is 2.07. The van der Waals surface area contributed by atoms with Crippen molar-refractivity contribution in [2.24, 2.45) is 5.11 Å². The van der Waals surface area contributed by atoms with E-state index >= 15 is 0 Å². The Morgan fingerprint density at radius 1 is 1.62 bits per heavy atom. The van der Waals surface area contributed by atoms with Gasteiger partial charge in [0.15, 0.2) is 0 Å². The van der Waals surface area contributed by atoms with E-state index in [1.54, 1.807) is 24.3 Å². The Morgan fingerprint density at radius 3 is 3.00 bits per heavy atom. The van der Waals surface area contributed by atoms with E-state index in [0.717, 1.165) is 4.47 Å². The Morgan fingerprint density at radius 2 is 2.38 bits per heavy atom. The zero-order valence-electron chi connectivity index (χ0n) is 8.17. The van der Waals surface area contributed by atoms with Gasteiger partial charge in [0.25, 0.3) is 0 Å². The van der Waals surface area contributed by atoms with Crippen molar-refractivity contribution in [3.05, 3.63) is 50.3 Å². The lowest BCUT2D eigenvalue weighted by Crippen LogP contribution is -1.99. The van der Waals surface area contributed by atoms with Crippen LogP contribution in [-0.2, 0) is 0 Å².